The molecule has 0 aromatic rings. The first kappa shape index (κ1) is 8.89. The van der Waals surface area contributed by atoms with Crippen LogP contribution in [0.1, 0.15) is 6.92 Å². The molecule has 0 unspecified atom stereocenters. The number of ether oxygens (including phenoxy) is 1. The first-order valence-corrected chi connectivity index (χ1v) is 3.56. The number of hydrogen-bond donors (Lipinski definition) is 4. The molecule has 66 valence electrons. The summed E-state index contributed by atoms with van der Waals surface area (Å²) in [6, 6.07) is -0.679. The maximum Gasteiger partial charge on any atom is 0.211 e. The molecule has 1 saturated heterocycles. The van der Waals surface area contributed by atoms with Gasteiger partial charge in [-0.1, -0.05) is 0 Å². The zero-order valence-corrected chi connectivity index (χ0v) is 6.34. The Bertz CT molecular complexity index is 129. The maximum atomic E-state index is 9.23. The molecule has 0 aromatic carbocycles. The van der Waals surface area contributed by atoms with Crippen LogP contribution in [0.15, 0.2) is 0 Å². The molecule has 5 heteroatoms. The van der Waals surface area contributed by atoms with Gasteiger partial charge in [0.1, 0.15) is 12.2 Å². The lowest BCUT2D eigenvalue weighted by Crippen LogP contribution is -2.77. The second-order valence-corrected chi connectivity index (χ2v) is 2.88. The zero-order valence-electron chi connectivity index (χ0n) is 6.34. The summed E-state index contributed by atoms with van der Waals surface area (Å²) in [5, 5.41) is 27.5. The average Bonchev–Trinajstić information content (AvgIpc) is 1.97. The molecule has 0 saturated carbocycles. The molecule has 0 amide bonds. The number of quaternary nitrogens is 1. The van der Waals surface area contributed by atoms with Crippen LogP contribution in [0, 0.1) is 0 Å². The van der Waals surface area contributed by atoms with Gasteiger partial charge in [-0.05, 0) is 6.92 Å². The van der Waals surface area contributed by atoms with Crippen LogP contribution in [0.2, 0.25) is 0 Å². The fraction of sp³-hybridized carbons (Fsp3) is 1.00. The molecule has 0 aromatic heterocycles. The van der Waals surface area contributed by atoms with Gasteiger partial charge in [0, 0.05) is 0 Å². The van der Waals surface area contributed by atoms with Gasteiger partial charge in [-0.15, -0.1) is 0 Å². The Kier molecular flexibility index (Phi) is 2.46. The van der Waals surface area contributed by atoms with Crippen LogP contribution in [0.5, 0.6) is 0 Å². The Labute approximate surface area is 64.4 Å². The highest BCUT2D eigenvalue weighted by Gasteiger charge is 2.42. The van der Waals surface area contributed by atoms with Gasteiger partial charge >= 0.3 is 0 Å². The van der Waals surface area contributed by atoms with Crippen LogP contribution < -0.4 is 5.73 Å². The summed E-state index contributed by atoms with van der Waals surface area (Å²) in [4.78, 5) is 0. The second-order valence-electron chi connectivity index (χ2n) is 2.88. The molecule has 0 aliphatic carbocycles. The molecule has 1 aliphatic rings. The van der Waals surface area contributed by atoms with Crippen molar-refractivity contribution in [2.75, 3.05) is 0 Å². The molecule has 1 aliphatic heterocycles. The van der Waals surface area contributed by atoms with Gasteiger partial charge in [-0.25, -0.2) is 0 Å². The van der Waals surface area contributed by atoms with E-state index in [9.17, 15) is 10.2 Å². The Balaban J connectivity index is 2.63. The molecule has 6 N–H and O–H groups in total. The van der Waals surface area contributed by atoms with E-state index in [1.807, 2.05) is 0 Å². The third-order valence-corrected chi connectivity index (χ3v) is 1.99. The molecule has 5 atom stereocenters. The van der Waals surface area contributed by atoms with Gasteiger partial charge in [0.25, 0.3) is 0 Å². The highest BCUT2D eigenvalue weighted by molar-refractivity contribution is 4.85. The Morgan fingerprint density at radius 1 is 1.18 bits per heavy atom. The Morgan fingerprint density at radius 2 is 1.73 bits per heavy atom. The Hall–Kier alpha value is -0.200. The lowest BCUT2D eigenvalue weighted by atomic mass is 9.99. The fourth-order valence-electron chi connectivity index (χ4n) is 1.10. The highest BCUT2D eigenvalue weighted by atomic mass is 16.6. The molecule has 1 fully saturated rings. The van der Waals surface area contributed by atoms with Crippen molar-refractivity contribution < 1.29 is 25.8 Å². The largest absolute Gasteiger partial charge is 0.387 e. The van der Waals surface area contributed by atoms with Crippen molar-refractivity contribution in [1.29, 1.82) is 0 Å². The lowest BCUT2D eigenvalue weighted by molar-refractivity contribution is -0.496. The van der Waals surface area contributed by atoms with E-state index in [0.717, 1.165) is 0 Å². The first-order valence-electron chi connectivity index (χ1n) is 3.56. The summed E-state index contributed by atoms with van der Waals surface area (Å²) in [5.41, 5.74) is 3.46. The van der Waals surface area contributed by atoms with E-state index in [4.69, 9.17) is 9.84 Å². The van der Waals surface area contributed by atoms with Gasteiger partial charge in [-0.3, -0.25) is 0 Å². The van der Waals surface area contributed by atoms with E-state index in [1.165, 1.54) is 0 Å². The minimum Gasteiger partial charge on any atom is -0.387 e. The molecule has 0 spiro atoms. The van der Waals surface area contributed by atoms with E-state index in [1.54, 1.807) is 6.92 Å². The molecular formula is C6H14NO4+. The topological polar surface area (TPSA) is 97.6 Å². The third kappa shape index (κ3) is 1.52. The second kappa shape index (κ2) is 3.04. The monoisotopic (exact) mass is 164 g/mol. The Morgan fingerprint density at radius 3 is 2.27 bits per heavy atom. The molecule has 1 rings (SSSR count). The number of rotatable bonds is 0. The minimum absolute atomic E-state index is 0.544. The van der Waals surface area contributed by atoms with E-state index in [2.05, 4.69) is 5.73 Å². The van der Waals surface area contributed by atoms with Gasteiger partial charge in [0.15, 0.2) is 6.04 Å². The van der Waals surface area contributed by atoms with Crippen LogP contribution >= 0.6 is 0 Å². The average molecular weight is 164 g/mol. The van der Waals surface area contributed by atoms with E-state index in [0.29, 0.717) is 0 Å². The van der Waals surface area contributed by atoms with Crippen molar-refractivity contribution in [3.8, 4) is 0 Å². The predicted octanol–water partition coefficient (Wildman–Crippen LogP) is -2.94. The lowest BCUT2D eigenvalue weighted by Gasteiger charge is -2.35. The van der Waals surface area contributed by atoms with Crippen LogP contribution in [-0.2, 0) is 4.74 Å². The fourth-order valence-corrected chi connectivity index (χ4v) is 1.10. The SMILES string of the molecule is C[C@@H]1O[C@H](O)[C@H]([NH3+])[C@H](O)[C@H]1O. The number of aliphatic hydroxyl groups is 3. The molecule has 5 nitrogen and oxygen atoms in total. The quantitative estimate of drug-likeness (QED) is 0.308. The number of hydrogen-bond acceptors (Lipinski definition) is 4. The molecule has 11 heavy (non-hydrogen) atoms. The molecule has 0 radical (unpaired) electrons. The van der Waals surface area contributed by atoms with Crippen molar-refractivity contribution in [3.63, 3.8) is 0 Å². The van der Waals surface area contributed by atoms with Crippen molar-refractivity contribution in [2.45, 2.75) is 37.6 Å². The van der Waals surface area contributed by atoms with Gasteiger partial charge in [0.05, 0.1) is 6.10 Å². The van der Waals surface area contributed by atoms with Crippen molar-refractivity contribution in [1.82, 2.24) is 0 Å². The van der Waals surface area contributed by atoms with E-state index < -0.39 is 30.6 Å². The first-order chi connectivity index (χ1) is 5.04. The van der Waals surface area contributed by atoms with Crippen LogP contribution in [0.25, 0.3) is 0 Å². The number of aliphatic hydroxyl groups excluding tert-OH is 3. The van der Waals surface area contributed by atoms with E-state index in [-0.39, 0.29) is 0 Å². The molecular weight excluding hydrogens is 150 g/mol. The summed E-state index contributed by atoms with van der Waals surface area (Å²) in [6.45, 7) is 1.59. The summed E-state index contributed by atoms with van der Waals surface area (Å²) in [7, 11) is 0. The maximum absolute atomic E-state index is 9.23. The molecule has 0 bridgehead atoms. The van der Waals surface area contributed by atoms with Gasteiger partial charge in [-0.2, -0.15) is 0 Å². The van der Waals surface area contributed by atoms with E-state index >= 15 is 0 Å². The molecule has 1 heterocycles. The summed E-state index contributed by atoms with van der Waals surface area (Å²) < 4.78 is 4.86. The van der Waals surface area contributed by atoms with Crippen molar-refractivity contribution in [2.24, 2.45) is 0 Å². The van der Waals surface area contributed by atoms with Crippen molar-refractivity contribution >= 4 is 0 Å². The summed E-state index contributed by atoms with van der Waals surface area (Å²) in [5.74, 6) is 0. The standard InChI is InChI=1S/C6H13NO4/c1-2-4(8)5(9)3(7)6(10)11-2/h2-6,8-10H,7H2,1H3/p+1/t2-,3+,4-,5-,6-/m0/s1. The van der Waals surface area contributed by atoms with Gasteiger partial charge in [0.2, 0.25) is 6.29 Å². The van der Waals surface area contributed by atoms with Crippen LogP contribution in [0.3, 0.4) is 0 Å². The van der Waals surface area contributed by atoms with Crippen LogP contribution in [0.4, 0.5) is 0 Å². The third-order valence-electron chi connectivity index (χ3n) is 1.99. The highest BCUT2D eigenvalue weighted by Crippen LogP contribution is 2.16. The van der Waals surface area contributed by atoms with Crippen LogP contribution in [-0.4, -0.2) is 46.0 Å². The zero-order chi connectivity index (χ0) is 8.59. The minimum atomic E-state index is -1.08. The normalized spacial score (nSPS) is 52.6. The summed E-state index contributed by atoms with van der Waals surface area (Å²) >= 11 is 0. The predicted molar refractivity (Wildman–Crippen MR) is 35.2 cm³/mol. The van der Waals surface area contributed by atoms with Crippen molar-refractivity contribution in [3.05, 3.63) is 0 Å². The summed E-state index contributed by atoms with van der Waals surface area (Å²) in [6.07, 6.45) is -3.59. The van der Waals surface area contributed by atoms with Gasteiger partial charge < -0.3 is 25.8 Å². The smallest absolute Gasteiger partial charge is 0.211 e.